The molecule has 0 atom stereocenters. The molecule has 3 nitrogen and oxygen atoms in total. The van der Waals surface area contributed by atoms with Gasteiger partial charge >= 0.3 is 0 Å². The predicted octanol–water partition coefficient (Wildman–Crippen LogP) is 1.92. The topological polar surface area (TPSA) is 73.6 Å². The summed E-state index contributed by atoms with van der Waals surface area (Å²) in [6, 6.07) is 5.95. The molecule has 0 amide bonds. The van der Waals surface area contributed by atoms with E-state index in [0.717, 1.165) is 5.69 Å². The molecular formula is C8H11N3. The van der Waals surface area contributed by atoms with E-state index in [1.54, 1.807) is 0 Å². The van der Waals surface area contributed by atoms with E-state index in [9.17, 15) is 0 Å². The summed E-state index contributed by atoms with van der Waals surface area (Å²) in [5, 5.41) is 12.0. The summed E-state index contributed by atoms with van der Waals surface area (Å²) in [6.07, 6.45) is 0. The van der Waals surface area contributed by atoms with E-state index in [1.165, 1.54) is 11.1 Å². The van der Waals surface area contributed by atoms with Crippen molar-refractivity contribution in [1.82, 2.24) is 0 Å². The van der Waals surface area contributed by atoms with E-state index in [-0.39, 0.29) is 0 Å². The molecule has 0 saturated heterocycles. The Labute approximate surface area is 66.3 Å². The maximum Gasteiger partial charge on any atom is 0.0346 e. The van der Waals surface area contributed by atoms with Crippen LogP contribution in [0.4, 0.5) is 5.69 Å². The van der Waals surface area contributed by atoms with Crippen LogP contribution in [0.3, 0.4) is 0 Å². The van der Waals surface area contributed by atoms with E-state index in [2.05, 4.69) is 13.0 Å². The first-order valence-electron chi connectivity index (χ1n) is 3.23. The SMILES string of the molecule is Cc1cccc(N)c1C.N#N. The smallest absolute Gasteiger partial charge is 0.0346 e. The van der Waals surface area contributed by atoms with Crippen molar-refractivity contribution in [1.29, 1.82) is 10.8 Å². The molecular weight excluding hydrogens is 138 g/mol. The fourth-order valence-electron chi connectivity index (χ4n) is 0.774. The highest BCUT2D eigenvalue weighted by molar-refractivity contribution is 5.49. The molecule has 2 N–H and O–H groups in total. The average molecular weight is 149 g/mol. The zero-order valence-corrected chi connectivity index (χ0v) is 6.70. The van der Waals surface area contributed by atoms with Crippen molar-refractivity contribution < 1.29 is 0 Å². The Morgan fingerprint density at radius 1 is 1.18 bits per heavy atom. The van der Waals surface area contributed by atoms with Gasteiger partial charge in [-0.3, -0.25) is 0 Å². The van der Waals surface area contributed by atoms with Crippen LogP contribution >= 0.6 is 0 Å². The number of nitrogens with zero attached hydrogens (tertiary/aromatic N) is 2. The molecule has 1 aromatic rings. The van der Waals surface area contributed by atoms with Crippen LogP contribution in [-0.4, -0.2) is 0 Å². The lowest BCUT2D eigenvalue weighted by molar-refractivity contribution is 1.15. The molecule has 0 bridgehead atoms. The molecule has 0 spiro atoms. The van der Waals surface area contributed by atoms with Crippen LogP contribution in [-0.2, 0) is 0 Å². The normalized spacial score (nSPS) is 8.00. The quantitative estimate of drug-likeness (QED) is 0.452. The third-order valence-electron chi connectivity index (χ3n) is 1.65. The van der Waals surface area contributed by atoms with E-state index in [0.29, 0.717) is 0 Å². The standard InChI is InChI=1S/C8H11N.N2/c1-6-4-3-5-8(9)7(6)2;1-2/h3-5H,9H2,1-2H3;. The second kappa shape index (κ2) is 4.29. The summed E-state index contributed by atoms with van der Waals surface area (Å²) in [6.45, 7) is 4.09. The first kappa shape index (κ1) is 9.44. The van der Waals surface area contributed by atoms with Gasteiger partial charge in [0.1, 0.15) is 0 Å². The van der Waals surface area contributed by atoms with Crippen molar-refractivity contribution in [2.75, 3.05) is 5.73 Å². The number of nitrogen functional groups attached to an aromatic ring is 1. The minimum absolute atomic E-state index is 0.884. The van der Waals surface area contributed by atoms with Crippen molar-refractivity contribution in [2.24, 2.45) is 0 Å². The lowest BCUT2D eigenvalue weighted by Gasteiger charge is -2.00. The van der Waals surface area contributed by atoms with Crippen molar-refractivity contribution in [3.63, 3.8) is 0 Å². The Hall–Kier alpha value is -1.56. The number of hydrogen-bond donors (Lipinski definition) is 1. The minimum Gasteiger partial charge on any atom is -0.399 e. The van der Waals surface area contributed by atoms with Gasteiger partial charge in [-0.1, -0.05) is 12.1 Å². The Morgan fingerprint density at radius 3 is 2.09 bits per heavy atom. The van der Waals surface area contributed by atoms with E-state index in [4.69, 9.17) is 16.5 Å². The van der Waals surface area contributed by atoms with Gasteiger partial charge in [0, 0.05) is 16.5 Å². The lowest BCUT2D eigenvalue weighted by atomic mass is 10.1. The van der Waals surface area contributed by atoms with Crippen LogP contribution in [0.5, 0.6) is 0 Å². The summed E-state index contributed by atoms with van der Waals surface area (Å²) in [5.41, 5.74) is 8.96. The molecule has 0 unspecified atom stereocenters. The molecule has 0 fully saturated rings. The maximum atomic E-state index is 6.00. The minimum atomic E-state index is 0.884. The number of nitrogens with two attached hydrogens (primary N) is 1. The number of hydrogen-bond acceptors (Lipinski definition) is 3. The third-order valence-corrected chi connectivity index (χ3v) is 1.65. The molecule has 58 valence electrons. The Balaban J connectivity index is 0.000000461. The van der Waals surface area contributed by atoms with Crippen molar-refractivity contribution in [2.45, 2.75) is 13.8 Å². The molecule has 1 aromatic carbocycles. The van der Waals surface area contributed by atoms with Crippen LogP contribution in [0.1, 0.15) is 11.1 Å². The highest BCUT2D eigenvalue weighted by atomic mass is 14.6. The molecule has 11 heavy (non-hydrogen) atoms. The molecule has 0 radical (unpaired) electrons. The highest BCUT2D eigenvalue weighted by Gasteiger charge is 1.92. The summed E-state index contributed by atoms with van der Waals surface area (Å²) in [7, 11) is 0. The number of anilines is 1. The Morgan fingerprint density at radius 2 is 1.73 bits per heavy atom. The lowest BCUT2D eigenvalue weighted by Crippen LogP contribution is -1.90. The monoisotopic (exact) mass is 149 g/mol. The highest BCUT2D eigenvalue weighted by Crippen LogP contribution is 2.13. The van der Waals surface area contributed by atoms with Crippen LogP contribution in [0.2, 0.25) is 0 Å². The van der Waals surface area contributed by atoms with Crippen molar-refractivity contribution >= 4 is 5.69 Å². The first-order valence-corrected chi connectivity index (χ1v) is 3.23. The van der Waals surface area contributed by atoms with Gasteiger partial charge in [-0.15, -0.1) is 0 Å². The zero-order chi connectivity index (χ0) is 8.85. The van der Waals surface area contributed by atoms with E-state index >= 15 is 0 Å². The number of aryl methyl sites for hydroxylation is 1. The van der Waals surface area contributed by atoms with Crippen molar-refractivity contribution in [3.05, 3.63) is 29.3 Å². The van der Waals surface area contributed by atoms with Gasteiger partial charge in [0.15, 0.2) is 0 Å². The van der Waals surface area contributed by atoms with Gasteiger partial charge in [-0.2, -0.15) is 0 Å². The maximum absolute atomic E-state index is 6.00. The fraction of sp³-hybridized carbons (Fsp3) is 0.250. The third kappa shape index (κ3) is 2.26. The van der Waals surface area contributed by atoms with Gasteiger partial charge < -0.3 is 5.73 Å². The Bertz CT molecular complexity index is 233. The zero-order valence-electron chi connectivity index (χ0n) is 6.70. The van der Waals surface area contributed by atoms with Crippen LogP contribution in [0, 0.1) is 24.6 Å². The molecule has 0 aliphatic carbocycles. The summed E-state index contributed by atoms with van der Waals surface area (Å²) < 4.78 is 0. The molecule has 0 aromatic heterocycles. The fourth-order valence-corrected chi connectivity index (χ4v) is 0.774. The van der Waals surface area contributed by atoms with Gasteiger partial charge in [-0.05, 0) is 31.0 Å². The average Bonchev–Trinajstić information content (AvgIpc) is 2.04. The van der Waals surface area contributed by atoms with Crippen molar-refractivity contribution in [3.8, 4) is 0 Å². The second-order valence-corrected chi connectivity index (χ2v) is 2.29. The van der Waals surface area contributed by atoms with Crippen LogP contribution < -0.4 is 5.73 Å². The second-order valence-electron chi connectivity index (χ2n) is 2.29. The molecule has 1 rings (SSSR count). The van der Waals surface area contributed by atoms with E-state index in [1.807, 2.05) is 19.1 Å². The molecule has 0 saturated carbocycles. The molecule has 0 aliphatic heterocycles. The van der Waals surface area contributed by atoms with Crippen LogP contribution in [0.25, 0.3) is 0 Å². The van der Waals surface area contributed by atoms with Gasteiger partial charge in [-0.25, -0.2) is 0 Å². The number of rotatable bonds is 0. The van der Waals surface area contributed by atoms with Gasteiger partial charge in [0.05, 0.1) is 0 Å². The summed E-state index contributed by atoms with van der Waals surface area (Å²) in [5.74, 6) is 0. The summed E-state index contributed by atoms with van der Waals surface area (Å²) in [4.78, 5) is 0. The van der Waals surface area contributed by atoms with Crippen LogP contribution in [0.15, 0.2) is 18.2 Å². The molecule has 0 heterocycles. The Kier molecular flexibility index (Phi) is 3.68. The predicted molar refractivity (Wildman–Crippen MR) is 43.8 cm³/mol. The largest absolute Gasteiger partial charge is 0.399 e. The summed E-state index contributed by atoms with van der Waals surface area (Å²) >= 11 is 0. The van der Waals surface area contributed by atoms with Gasteiger partial charge in [0.25, 0.3) is 0 Å². The van der Waals surface area contributed by atoms with E-state index < -0.39 is 0 Å². The molecule has 3 heteroatoms. The molecule has 0 aliphatic rings. The first-order chi connectivity index (χ1) is 5.22. The van der Waals surface area contributed by atoms with Gasteiger partial charge in [0.2, 0.25) is 0 Å². The number of benzene rings is 1.